The number of hydrogen-bond donors (Lipinski definition) is 2. The quantitative estimate of drug-likeness (QED) is 0.477. The minimum absolute atomic E-state index is 0.0520. The van der Waals surface area contributed by atoms with E-state index in [1.807, 2.05) is 0 Å². The smallest absolute Gasteiger partial charge is 0.271 e. The third kappa shape index (κ3) is 5.15. The Morgan fingerprint density at radius 1 is 1.04 bits per heavy atom. The maximum atomic E-state index is 12.5. The summed E-state index contributed by atoms with van der Waals surface area (Å²) in [7, 11) is -3.87. The van der Waals surface area contributed by atoms with Gasteiger partial charge in [0.25, 0.3) is 15.9 Å². The molecule has 0 aliphatic rings. The molecule has 0 unspecified atom stereocenters. The zero-order valence-corrected chi connectivity index (χ0v) is 16.0. The van der Waals surface area contributed by atoms with Crippen LogP contribution in [-0.2, 0) is 10.0 Å². The van der Waals surface area contributed by atoms with Crippen LogP contribution in [0.3, 0.4) is 0 Å². The Balaban J connectivity index is 1.72. The number of carbonyl (C=O) groups excluding carboxylic acids is 1. The number of hydrogen-bond acceptors (Lipinski definition) is 5. The molecule has 3 rings (SSSR count). The molecule has 28 heavy (non-hydrogen) atoms. The summed E-state index contributed by atoms with van der Waals surface area (Å²) < 4.78 is 27.5. The maximum Gasteiger partial charge on any atom is 0.271 e. The predicted octanol–water partition coefficient (Wildman–Crippen LogP) is 3.30. The molecule has 2 aromatic carbocycles. The minimum atomic E-state index is -3.87. The molecular formula is C19H15ClN4O3S. The average molecular weight is 415 g/mol. The van der Waals surface area contributed by atoms with Crippen LogP contribution >= 0.6 is 11.6 Å². The Bertz CT molecular complexity index is 1100. The van der Waals surface area contributed by atoms with Crippen molar-refractivity contribution in [3.8, 4) is 0 Å². The summed E-state index contributed by atoms with van der Waals surface area (Å²) in [4.78, 5) is 16.2. The number of aromatic nitrogens is 1. The maximum absolute atomic E-state index is 12.5. The van der Waals surface area contributed by atoms with Crippen molar-refractivity contribution in [2.75, 3.05) is 4.72 Å². The lowest BCUT2D eigenvalue weighted by Crippen LogP contribution is -2.19. The number of nitrogens with one attached hydrogen (secondary N) is 2. The van der Waals surface area contributed by atoms with Crippen molar-refractivity contribution in [3.63, 3.8) is 0 Å². The largest absolute Gasteiger partial charge is 0.280 e. The number of amides is 1. The molecule has 1 heterocycles. The van der Waals surface area contributed by atoms with E-state index in [0.29, 0.717) is 16.4 Å². The summed E-state index contributed by atoms with van der Waals surface area (Å²) in [6, 6.07) is 17.2. The Morgan fingerprint density at radius 3 is 2.54 bits per heavy atom. The summed E-state index contributed by atoms with van der Waals surface area (Å²) in [5, 5.41) is 4.31. The van der Waals surface area contributed by atoms with Crippen molar-refractivity contribution in [1.82, 2.24) is 10.4 Å². The number of sulfonamides is 1. The fourth-order valence-corrected chi connectivity index (χ4v) is 3.44. The molecule has 0 spiro atoms. The molecule has 2 N–H and O–H groups in total. The van der Waals surface area contributed by atoms with Crippen LogP contribution in [0.15, 0.2) is 82.9 Å². The van der Waals surface area contributed by atoms with Crippen LogP contribution in [0, 0.1) is 0 Å². The molecule has 142 valence electrons. The van der Waals surface area contributed by atoms with Crippen molar-refractivity contribution in [2.24, 2.45) is 5.10 Å². The Hall–Kier alpha value is -3.23. The second-order valence-electron chi connectivity index (χ2n) is 5.59. The van der Waals surface area contributed by atoms with E-state index in [-0.39, 0.29) is 10.5 Å². The topological polar surface area (TPSA) is 101 Å². The van der Waals surface area contributed by atoms with E-state index in [1.165, 1.54) is 30.5 Å². The molecule has 0 bridgehead atoms. The number of carbonyl (C=O) groups is 1. The Kier molecular flexibility index (Phi) is 6.03. The van der Waals surface area contributed by atoms with Gasteiger partial charge in [0.05, 0.1) is 16.8 Å². The van der Waals surface area contributed by atoms with Gasteiger partial charge in [-0.05, 0) is 54.6 Å². The fraction of sp³-hybridized carbons (Fsp3) is 0. The van der Waals surface area contributed by atoms with E-state index >= 15 is 0 Å². The first-order valence-corrected chi connectivity index (χ1v) is 9.93. The first-order valence-electron chi connectivity index (χ1n) is 8.07. The average Bonchev–Trinajstić information content (AvgIpc) is 2.70. The molecule has 0 fully saturated rings. The molecule has 0 radical (unpaired) electrons. The van der Waals surface area contributed by atoms with Gasteiger partial charge in [0.1, 0.15) is 0 Å². The van der Waals surface area contributed by atoms with Crippen molar-refractivity contribution in [1.29, 1.82) is 0 Å². The van der Waals surface area contributed by atoms with Crippen LogP contribution < -0.4 is 10.1 Å². The lowest BCUT2D eigenvalue weighted by Gasteiger charge is -2.09. The predicted molar refractivity (Wildman–Crippen MR) is 108 cm³/mol. The van der Waals surface area contributed by atoms with E-state index < -0.39 is 15.9 Å². The molecule has 0 aliphatic heterocycles. The lowest BCUT2D eigenvalue weighted by molar-refractivity contribution is 0.0955. The van der Waals surface area contributed by atoms with Gasteiger partial charge in [-0.15, -0.1) is 0 Å². The molecule has 1 aromatic heterocycles. The summed E-state index contributed by atoms with van der Waals surface area (Å²) in [5.41, 5.74) is 3.43. The lowest BCUT2D eigenvalue weighted by atomic mass is 10.2. The fourth-order valence-electron chi connectivity index (χ4n) is 2.21. The van der Waals surface area contributed by atoms with Gasteiger partial charge < -0.3 is 0 Å². The SMILES string of the molecule is O=C(N/N=C\c1ccccn1)c1cccc(S(=O)(=O)Nc2ccc(Cl)cc2)c1. The number of halogens is 1. The number of rotatable bonds is 6. The standard InChI is InChI=1S/C19H15ClN4O3S/c20-15-7-9-16(10-8-15)24-28(26,27)18-6-3-4-14(12-18)19(25)23-22-13-17-5-1-2-11-21-17/h1-13,24H,(H,23,25)/b22-13-. The van der Waals surface area contributed by atoms with Gasteiger partial charge in [0, 0.05) is 22.5 Å². The zero-order valence-electron chi connectivity index (χ0n) is 14.4. The van der Waals surface area contributed by atoms with Gasteiger partial charge in [0.15, 0.2) is 0 Å². The summed E-state index contributed by atoms with van der Waals surface area (Å²) in [6.45, 7) is 0. The molecular weight excluding hydrogens is 400 g/mol. The summed E-state index contributed by atoms with van der Waals surface area (Å²) in [5.74, 6) is -0.546. The van der Waals surface area contributed by atoms with E-state index in [1.54, 1.807) is 48.7 Å². The molecule has 0 saturated heterocycles. The highest BCUT2D eigenvalue weighted by Gasteiger charge is 2.16. The highest BCUT2D eigenvalue weighted by atomic mass is 35.5. The molecule has 3 aromatic rings. The normalized spacial score (nSPS) is 11.3. The van der Waals surface area contributed by atoms with E-state index in [0.717, 1.165) is 0 Å². The molecule has 7 nitrogen and oxygen atoms in total. The van der Waals surface area contributed by atoms with Gasteiger partial charge in [-0.3, -0.25) is 14.5 Å². The third-order valence-corrected chi connectivity index (χ3v) is 5.18. The van der Waals surface area contributed by atoms with Crippen molar-refractivity contribution in [3.05, 3.63) is 89.2 Å². The van der Waals surface area contributed by atoms with Gasteiger partial charge >= 0.3 is 0 Å². The van der Waals surface area contributed by atoms with Crippen LogP contribution in [0.2, 0.25) is 5.02 Å². The second-order valence-corrected chi connectivity index (χ2v) is 7.71. The second kappa shape index (κ2) is 8.64. The molecule has 0 atom stereocenters. The Labute approximate surface area is 167 Å². The number of anilines is 1. The summed E-state index contributed by atoms with van der Waals surface area (Å²) in [6.07, 6.45) is 2.99. The monoisotopic (exact) mass is 414 g/mol. The van der Waals surface area contributed by atoms with Crippen molar-refractivity contribution < 1.29 is 13.2 Å². The number of benzene rings is 2. The third-order valence-electron chi connectivity index (χ3n) is 3.55. The van der Waals surface area contributed by atoms with Crippen LogP contribution in [-0.4, -0.2) is 25.5 Å². The zero-order chi connectivity index (χ0) is 20.0. The number of nitrogens with zero attached hydrogens (tertiary/aromatic N) is 2. The van der Waals surface area contributed by atoms with Gasteiger partial charge in [-0.2, -0.15) is 5.10 Å². The molecule has 9 heteroatoms. The summed E-state index contributed by atoms with van der Waals surface area (Å²) >= 11 is 5.80. The van der Waals surface area contributed by atoms with Gasteiger partial charge in [-0.1, -0.05) is 23.7 Å². The minimum Gasteiger partial charge on any atom is -0.280 e. The van der Waals surface area contributed by atoms with Crippen LogP contribution in [0.1, 0.15) is 16.1 Å². The van der Waals surface area contributed by atoms with E-state index in [9.17, 15) is 13.2 Å². The number of pyridine rings is 1. The van der Waals surface area contributed by atoms with Crippen LogP contribution in [0.5, 0.6) is 0 Å². The molecule has 1 amide bonds. The Morgan fingerprint density at radius 2 is 1.82 bits per heavy atom. The van der Waals surface area contributed by atoms with E-state index in [4.69, 9.17) is 11.6 Å². The van der Waals surface area contributed by atoms with Crippen LogP contribution in [0.4, 0.5) is 5.69 Å². The molecule has 0 aliphatic carbocycles. The first-order chi connectivity index (χ1) is 13.4. The van der Waals surface area contributed by atoms with E-state index in [2.05, 4.69) is 20.2 Å². The van der Waals surface area contributed by atoms with Gasteiger partial charge in [0.2, 0.25) is 0 Å². The van der Waals surface area contributed by atoms with Crippen molar-refractivity contribution >= 4 is 39.4 Å². The highest BCUT2D eigenvalue weighted by Crippen LogP contribution is 2.19. The van der Waals surface area contributed by atoms with Crippen molar-refractivity contribution in [2.45, 2.75) is 4.90 Å². The first kappa shape index (κ1) is 19.5. The molecule has 0 saturated carbocycles. The van der Waals surface area contributed by atoms with Crippen LogP contribution in [0.25, 0.3) is 0 Å². The highest BCUT2D eigenvalue weighted by molar-refractivity contribution is 7.92. The van der Waals surface area contributed by atoms with Gasteiger partial charge in [-0.25, -0.2) is 13.8 Å². The number of hydrazone groups is 1.